The highest BCUT2D eigenvalue weighted by molar-refractivity contribution is 5.92. The van der Waals surface area contributed by atoms with Crippen molar-refractivity contribution in [2.75, 3.05) is 0 Å². The minimum atomic E-state index is -0.119. The van der Waals surface area contributed by atoms with Crippen LogP contribution in [0.4, 0.5) is 0 Å². The molecular weight excluding hydrogens is 244 g/mol. The Morgan fingerprint density at radius 2 is 2.26 bits per heavy atom. The minimum Gasteiger partial charge on any atom is -0.351 e. The van der Waals surface area contributed by atoms with Gasteiger partial charge in [0.1, 0.15) is 5.69 Å². The normalized spacial score (nSPS) is 26.9. The van der Waals surface area contributed by atoms with Crippen molar-refractivity contribution >= 4 is 11.8 Å². The fraction of sp³-hybridized carbons (Fsp3) is 0.615. The van der Waals surface area contributed by atoms with Crippen molar-refractivity contribution in [3.8, 4) is 0 Å². The van der Waals surface area contributed by atoms with Crippen LogP contribution in [0.3, 0.4) is 0 Å². The number of hydrogen-bond donors (Lipinski definition) is 2. The summed E-state index contributed by atoms with van der Waals surface area (Å²) in [4.78, 5) is 23.7. The van der Waals surface area contributed by atoms with Gasteiger partial charge in [-0.2, -0.15) is 5.10 Å². The Morgan fingerprint density at radius 3 is 2.89 bits per heavy atom. The number of amides is 2. The van der Waals surface area contributed by atoms with E-state index < -0.39 is 0 Å². The number of aryl methyl sites for hydroxylation is 1. The third-order valence-corrected chi connectivity index (χ3v) is 3.94. The number of nitrogens with one attached hydrogen (secondary N) is 2. The van der Waals surface area contributed by atoms with Crippen LogP contribution in [0.2, 0.25) is 0 Å². The molecule has 3 rings (SSSR count). The second-order valence-corrected chi connectivity index (χ2v) is 5.39. The quantitative estimate of drug-likeness (QED) is 0.817. The maximum Gasteiger partial charge on any atom is 0.269 e. The monoisotopic (exact) mass is 262 g/mol. The Hall–Kier alpha value is -1.85. The number of nitrogens with zero attached hydrogens (tertiary/aromatic N) is 2. The smallest absolute Gasteiger partial charge is 0.269 e. The van der Waals surface area contributed by atoms with Gasteiger partial charge in [0.25, 0.3) is 5.91 Å². The molecule has 1 aromatic rings. The molecule has 2 aliphatic rings. The summed E-state index contributed by atoms with van der Waals surface area (Å²) in [7, 11) is 1.75. The molecule has 19 heavy (non-hydrogen) atoms. The van der Waals surface area contributed by atoms with E-state index in [-0.39, 0.29) is 23.9 Å². The van der Waals surface area contributed by atoms with Crippen molar-refractivity contribution in [1.29, 1.82) is 0 Å². The average Bonchev–Trinajstić information content (AvgIpc) is 3.13. The van der Waals surface area contributed by atoms with Gasteiger partial charge >= 0.3 is 0 Å². The molecule has 0 radical (unpaired) electrons. The number of rotatable bonds is 3. The minimum absolute atomic E-state index is 0.0348. The standard InChI is InChI=1S/C13H18N4O2/c1-17-10(6-7-14-17)13(19)15-9-4-5-11(18)16-12(9)8-2-3-8/h6-9,12H,2-5H2,1H3,(H,15,19)(H,16,18). The second-order valence-electron chi connectivity index (χ2n) is 5.39. The third-order valence-electron chi connectivity index (χ3n) is 3.94. The van der Waals surface area contributed by atoms with Gasteiger partial charge in [-0.05, 0) is 31.2 Å². The number of carbonyl (C=O) groups is 2. The highest BCUT2D eigenvalue weighted by Gasteiger charge is 2.40. The summed E-state index contributed by atoms with van der Waals surface area (Å²) in [5.74, 6) is 0.510. The zero-order valence-electron chi connectivity index (χ0n) is 10.9. The largest absolute Gasteiger partial charge is 0.351 e. The predicted octanol–water partition coefficient (Wildman–Crippen LogP) is 0.207. The molecule has 2 amide bonds. The lowest BCUT2D eigenvalue weighted by atomic mass is 9.94. The topological polar surface area (TPSA) is 76.0 Å². The molecule has 0 bridgehead atoms. The van der Waals surface area contributed by atoms with Gasteiger partial charge in [0.15, 0.2) is 0 Å². The van der Waals surface area contributed by atoms with Gasteiger partial charge in [0.05, 0.1) is 12.1 Å². The Morgan fingerprint density at radius 1 is 1.47 bits per heavy atom. The number of piperidine rings is 1. The molecule has 1 saturated carbocycles. The summed E-state index contributed by atoms with van der Waals surface area (Å²) in [5, 5.41) is 10.1. The van der Waals surface area contributed by atoms with Crippen molar-refractivity contribution in [3.63, 3.8) is 0 Å². The van der Waals surface area contributed by atoms with Crippen LogP contribution >= 0.6 is 0 Å². The summed E-state index contributed by atoms with van der Waals surface area (Å²) in [6, 6.07) is 1.83. The van der Waals surface area contributed by atoms with Crippen molar-refractivity contribution in [2.24, 2.45) is 13.0 Å². The van der Waals surface area contributed by atoms with E-state index >= 15 is 0 Å². The average molecular weight is 262 g/mol. The maximum absolute atomic E-state index is 12.2. The van der Waals surface area contributed by atoms with E-state index in [4.69, 9.17) is 0 Å². The first-order valence-corrected chi connectivity index (χ1v) is 6.73. The van der Waals surface area contributed by atoms with E-state index in [9.17, 15) is 9.59 Å². The lowest BCUT2D eigenvalue weighted by molar-refractivity contribution is -0.124. The maximum atomic E-state index is 12.2. The van der Waals surface area contributed by atoms with E-state index in [1.807, 2.05) is 0 Å². The zero-order valence-corrected chi connectivity index (χ0v) is 10.9. The van der Waals surface area contributed by atoms with E-state index in [1.165, 1.54) is 0 Å². The van der Waals surface area contributed by atoms with Crippen LogP contribution in [0.5, 0.6) is 0 Å². The summed E-state index contributed by atoms with van der Waals surface area (Å²) >= 11 is 0. The fourth-order valence-electron chi connectivity index (χ4n) is 2.73. The number of carbonyl (C=O) groups excluding carboxylic acids is 2. The van der Waals surface area contributed by atoms with Crippen molar-refractivity contribution < 1.29 is 9.59 Å². The first-order chi connectivity index (χ1) is 9.15. The van der Waals surface area contributed by atoms with Crippen molar-refractivity contribution in [3.05, 3.63) is 18.0 Å². The van der Waals surface area contributed by atoms with E-state index in [2.05, 4.69) is 15.7 Å². The molecule has 2 atom stereocenters. The molecule has 1 saturated heterocycles. The summed E-state index contributed by atoms with van der Waals surface area (Å²) in [5.41, 5.74) is 0.548. The van der Waals surface area contributed by atoms with Crippen LogP contribution in [0.1, 0.15) is 36.2 Å². The summed E-state index contributed by atoms with van der Waals surface area (Å²) < 4.78 is 1.56. The number of aromatic nitrogens is 2. The molecular formula is C13H18N4O2. The van der Waals surface area contributed by atoms with Gasteiger partial charge in [-0.15, -0.1) is 0 Å². The zero-order chi connectivity index (χ0) is 13.4. The summed E-state index contributed by atoms with van der Waals surface area (Å²) in [6.07, 6.45) is 5.10. The Balaban J connectivity index is 1.69. The molecule has 2 fully saturated rings. The van der Waals surface area contributed by atoms with Crippen LogP contribution < -0.4 is 10.6 Å². The first kappa shape index (κ1) is 12.2. The highest BCUT2D eigenvalue weighted by Crippen LogP contribution is 2.36. The van der Waals surface area contributed by atoms with E-state index in [1.54, 1.807) is 24.0 Å². The van der Waals surface area contributed by atoms with Crippen LogP contribution in [0, 0.1) is 5.92 Å². The van der Waals surface area contributed by atoms with Crippen LogP contribution in [-0.4, -0.2) is 33.7 Å². The SMILES string of the molecule is Cn1nccc1C(=O)NC1CCC(=O)NC1C1CC1. The molecule has 2 unspecified atom stereocenters. The molecule has 1 aromatic heterocycles. The van der Waals surface area contributed by atoms with Gasteiger partial charge in [-0.3, -0.25) is 14.3 Å². The predicted molar refractivity (Wildman–Crippen MR) is 68.4 cm³/mol. The van der Waals surface area contributed by atoms with Crippen molar-refractivity contribution in [2.45, 2.75) is 37.8 Å². The molecule has 2 N–H and O–H groups in total. The van der Waals surface area contributed by atoms with Crippen molar-refractivity contribution in [1.82, 2.24) is 20.4 Å². The van der Waals surface area contributed by atoms with Gasteiger partial charge in [0, 0.05) is 19.7 Å². The third kappa shape index (κ3) is 2.47. The molecule has 1 aliphatic carbocycles. The second kappa shape index (κ2) is 4.68. The Bertz CT molecular complexity index is 506. The van der Waals surface area contributed by atoms with Gasteiger partial charge in [-0.1, -0.05) is 0 Å². The molecule has 6 nitrogen and oxygen atoms in total. The molecule has 2 heterocycles. The lowest BCUT2D eigenvalue weighted by Crippen LogP contribution is -2.56. The Labute approximate surface area is 111 Å². The molecule has 0 aromatic carbocycles. The van der Waals surface area contributed by atoms with Crippen LogP contribution in [0.15, 0.2) is 12.3 Å². The fourth-order valence-corrected chi connectivity index (χ4v) is 2.73. The van der Waals surface area contributed by atoms with Gasteiger partial charge in [0.2, 0.25) is 5.91 Å². The van der Waals surface area contributed by atoms with E-state index in [0.717, 1.165) is 19.3 Å². The molecule has 1 aliphatic heterocycles. The van der Waals surface area contributed by atoms with E-state index in [0.29, 0.717) is 18.0 Å². The first-order valence-electron chi connectivity index (χ1n) is 6.73. The number of hydrogen-bond acceptors (Lipinski definition) is 3. The van der Waals surface area contributed by atoms with Gasteiger partial charge < -0.3 is 10.6 Å². The molecule has 102 valence electrons. The molecule has 0 spiro atoms. The van der Waals surface area contributed by atoms with Crippen LogP contribution in [-0.2, 0) is 11.8 Å². The summed E-state index contributed by atoms with van der Waals surface area (Å²) in [6.45, 7) is 0. The highest BCUT2D eigenvalue weighted by atomic mass is 16.2. The Kier molecular flexibility index (Phi) is 3.00. The molecule has 6 heteroatoms. The van der Waals surface area contributed by atoms with Gasteiger partial charge in [-0.25, -0.2) is 0 Å². The van der Waals surface area contributed by atoms with Crippen LogP contribution in [0.25, 0.3) is 0 Å². The lowest BCUT2D eigenvalue weighted by Gasteiger charge is -2.33.